The minimum absolute atomic E-state index is 0.137. The molecule has 5 nitrogen and oxygen atoms in total. The molecule has 0 saturated carbocycles. The predicted octanol–water partition coefficient (Wildman–Crippen LogP) is 4.11. The van der Waals surface area contributed by atoms with Gasteiger partial charge in [-0.05, 0) is 35.7 Å². The van der Waals surface area contributed by atoms with E-state index >= 15 is 0 Å². The van der Waals surface area contributed by atoms with Crippen LogP contribution in [0.15, 0.2) is 65.8 Å². The molecule has 7 heteroatoms. The van der Waals surface area contributed by atoms with Gasteiger partial charge in [0.1, 0.15) is 5.82 Å². The lowest BCUT2D eigenvalue weighted by Gasteiger charge is -2.25. The summed E-state index contributed by atoms with van der Waals surface area (Å²) in [7, 11) is 0. The molecular formula is C22H18F2N4O. The molecule has 0 radical (unpaired) electrons. The van der Waals surface area contributed by atoms with Crippen molar-refractivity contribution in [2.24, 2.45) is 0 Å². The van der Waals surface area contributed by atoms with Gasteiger partial charge >= 0.3 is 0 Å². The summed E-state index contributed by atoms with van der Waals surface area (Å²) in [6.45, 7) is 2.81. The normalized spacial score (nSPS) is 11.0. The molecule has 0 bridgehead atoms. The van der Waals surface area contributed by atoms with Crippen LogP contribution in [0.1, 0.15) is 16.7 Å². The molecule has 2 aromatic heterocycles. The number of fused-ring (bicyclic) bond motifs is 1. The number of anilines is 1. The molecule has 0 atom stereocenters. The number of aryl methyl sites for hydroxylation is 1. The number of aromatic nitrogens is 3. The quantitative estimate of drug-likeness (QED) is 0.555. The van der Waals surface area contributed by atoms with Gasteiger partial charge < -0.3 is 9.88 Å². The molecule has 0 aliphatic rings. The van der Waals surface area contributed by atoms with E-state index in [1.165, 1.54) is 12.1 Å². The van der Waals surface area contributed by atoms with Crippen LogP contribution in [-0.2, 0) is 13.1 Å². The molecule has 29 heavy (non-hydrogen) atoms. The Hall–Kier alpha value is -3.61. The number of rotatable bonds is 5. The first-order chi connectivity index (χ1) is 14.0. The summed E-state index contributed by atoms with van der Waals surface area (Å²) < 4.78 is 27.9. The fourth-order valence-electron chi connectivity index (χ4n) is 3.34. The van der Waals surface area contributed by atoms with Crippen LogP contribution in [-0.4, -0.2) is 15.0 Å². The molecule has 0 unspecified atom stereocenters. The van der Waals surface area contributed by atoms with Crippen LogP contribution in [0.25, 0.3) is 10.9 Å². The monoisotopic (exact) mass is 392 g/mol. The average Bonchev–Trinajstić information content (AvgIpc) is 2.72. The van der Waals surface area contributed by atoms with Crippen LogP contribution in [0.3, 0.4) is 0 Å². The van der Waals surface area contributed by atoms with Crippen molar-refractivity contribution in [2.75, 3.05) is 4.90 Å². The Morgan fingerprint density at radius 3 is 2.59 bits per heavy atom. The van der Waals surface area contributed by atoms with E-state index in [4.69, 9.17) is 0 Å². The van der Waals surface area contributed by atoms with E-state index in [1.807, 2.05) is 36.1 Å². The molecule has 0 aliphatic heterocycles. The summed E-state index contributed by atoms with van der Waals surface area (Å²) >= 11 is 0. The number of halogens is 2. The second kappa shape index (κ2) is 7.79. The molecule has 2 heterocycles. The van der Waals surface area contributed by atoms with E-state index in [0.29, 0.717) is 23.3 Å². The molecule has 0 amide bonds. The maximum atomic E-state index is 14.2. The molecule has 2 aromatic carbocycles. The minimum atomic E-state index is -1.06. The topological polar surface area (TPSA) is 61.9 Å². The fourth-order valence-corrected chi connectivity index (χ4v) is 3.34. The van der Waals surface area contributed by atoms with Crippen molar-refractivity contribution in [1.82, 2.24) is 15.0 Å². The predicted molar refractivity (Wildman–Crippen MR) is 108 cm³/mol. The Bertz CT molecular complexity index is 1220. The Morgan fingerprint density at radius 1 is 1.03 bits per heavy atom. The van der Waals surface area contributed by atoms with Crippen molar-refractivity contribution in [3.05, 3.63) is 99.7 Å². The first-order valence-corrected chi connectivity index (χ1v) is 9.08. The van der Waals surface area contributed by atoms with E-state index in [0.717, 1.165) is 17.2 Å². The van der Waals surface area contributed by atoms with Crippen molar-refractivity contribution in [3.63, 3.8) is 0 Å². The molecule has 146 valence electrons. The highest BCUT2D eigenvalue weighted by atomic mass is 19.2. The molecule has 0 aliphatic carbocycles. The smallest absolute Gasteiger partial charge is 0.248 e. The van der Waals surface area contributed by atoms with Gasteiger partial charge in [0.15, 0.2) is 11.6 Å². The van der Waals surface area contributed by atoms with Gasteiger partial charge in [0.05, 0.1) is 11.7 Å². The first-order valence-electron chi connectivity index (χ1n) is 9.08. The molecule has 0 fully saturated rings. The molecule has 0 saturated heterocycles. The van der Waals surface area contributed by atoms with Gasteiger partial charge in [0, 0.05) is 36.9 Å². The molecule has 1 N–H and O–H groups in total. The Kier molecular flexibility index (Phi) is 5.03. The van der Waals surface area contributed by atoms with Crippen LogP contribution in [0.4, 0.5) is 14.6 Å². The van der Waals surface area contributed by atoms with Crippen molar-refractivity contribution >= 4 is 16.7 Å². The number of benzene rings is 2. The number of nitrogens with zero attached hydrogens (tertiary/aromatic N) is 3. The number of pyridine rings is 1. The summed E-state index contributed by atoms with van der Waals surface area (Å²) in [6, 6.07) is 11.9. The van der Waals surface area contributed by atoms with Gasteiger partial charge in [0.2, 0.25) is 5.56 Å². The maximum absolute atomic E-state index is 14.2. The van der Waals surface area contributed by atoms with Gasteiger partial charge in [-0.15, -0.1) is 0 Å². The lowest BCUT2D eigenvalue weighted by molar-refractivity contribution is 0.515. The van der Waals surface area contributed by atoms with Crippen molar-refractivity contribution in [3.8, 4) is 0 Å². The zero-order valence-corrected chi connectivity index (χ0v) is 15.7. The van der Waals surface area contributed by atoms with Gasteiger partial charge in [-0.3, -0.25) is 9.78 Å². The van der Waals surface area contributed by atoms with E-state index < -0.39 is 17.2 Å². The summed E-state index contributed by atoms with van der Waals surface area (Å²) in [5.41, 5.74) is 2.14. The second-order valence-electron chi connectivity index (χ2n) is 6.79. The number of nitrogens with one attached hydrogen (secondary N) is 1. The largest absolute Gasteiger partial charge is 0.347 e. The number of H-pyrrole nitrogens is 1. The average molecular weight is 392 g/mol. The molecular weight excluding hydrogens is 374 g/mol. The molecule has 4 aromatic rings. The Balaban J connectivity index is 1.80. The van der Waals surface area contributed by atoms with E-state index in [9.17, 15) is 13.6 Å². The van der Waals surface area contributed by atoms with Crippen LogP contribution >= 0.6 is 0 Å². The van der Waals surface area contributed by atoms with Crippen molar-refractivity contribution < 1.29 is 8.78 Å². The van der Waals surface area contributed by atoms with Crippen LogP contribution < -0.4 is 10.5 Å². The maximum Gasteiger partial charge on any atom is 0.248 e. The van der Waals surface area contributed by atoms with Gasteiger partial charge in [-0.25, -0.2) is 13.8 Å². The van der Waals surface area contributed by atoms with Gasteiger partial charge in [-0.2, -0.15) is 0 Å². The van der Waals surface area contributed by atoms with Crippen LogP contribution in [0.5, 0.6) is 0 Å². The number of hydrogen-bond acceptors (Lipinski definition) is 4. The zero-order valence-electron chi connectivity index (χ0n) is 15.7. The standard InChI is InChI=1S/C22H18F2N4O/c1-14-4-2-3-5-15(14)12-28(19-11-25-8-9-26-19)13-16-10-20(29)27-22-17(16)6-7-18(23)21(22)24/h2-11H,12-13H2,1H3,(H,27,29). The van der Waals surface area contributed by atoms with Gasteiger partial charge in [-0.1, -0.05) is 24.3 Å². The number of aromatic amines is 1. The molecule has 0 spiro atoms. The summed E-state index contributed by atoms with van der Waals surface area (Å²) in [5.74, 6) is -1.45. The zero-order chi connectivity index (χ0) is 20.4. The first kappa shape index (κ1) is 18.7. The lowest BCUT2D eigenvalue weighted by Crippen LogP contribution is -2.25. The highest BCUT2D eigenvalue weighted by Crippen LogP contribution is 2.24. The Morgan fingerprint density at radius 2 is 1.83 bits per heavy atom. The summed E-state index contributed by atoms with van der Waals surface area (Å²) in [6.07, 6.45) is 4.80. The van der Waals surface area contributed by atoms with E-state index in [2.05, 4.69) is 15.0 Å². The highest BCUT2D eigenvalue weighted by molar-refractivity contribution is 5.82. The summed E-state index contributed by atoms with van der Waals surface area (Å²) in [4.78, 5) is 25.0. The highest BCUT2D eigenvalue weighted by Gasteiger charge is 2.16. The van der Waals surface area contributed by atoms with Gasteiger partial charge in [0.25, 0.3) is 0 Å². The third kappa shape index (κ3) is 3.85. The van der Waals surface area contributed by atoms with Crippen molar-refractivity contribution in [2.45, 2.75) is 20.0 Å². The minimum Gasteiger partial charge on any atom is -0.347 e. The van der Waals surface area contributed by atoms with Crippen LogP contribution in [0.2, 0.25) is 0 Å². The van der Waals surface area contributed by atoms with E-state index in [1.54, 1.807) is 18.6 Å². The lowest BCUT2D eigenvalue weighted by atomic mass is 10.1. The fraction of sp³-hybridized carbons (Fsp3) is 0.136. The van der Waals surface area contributed by atoms with Crippen molar-refractivity contribution in [1.29, 1.82) is 0 Å². The number of hydrogen-bond donors (Lipinski definition) is 1. The third-order valence-electron chi connectivity index (χ3n) is 4.85. The SMILES string of the molecule is Cc1ccccc1CN(Cc1cc(=O)[nH]c2c(F)c(F)ccc12)c1cnccn1. The summed E-state index contributed by atoms with van der Waals surface area (Å²) in [5, 5.41) is 0.446. The van der Waals surface area contributed by atoms with Crippen LogP contribution in [0, 0.1) is 18.6 Å². The molecule has 4 rings (SSSR count). The third-order valence-corrected chi connectivity index (χ3v) is 4.85. The Labute approximate surface area is 165 Å². The van der Waals surface area contributed by atoms with E-state index in [-0.39, 0.29) is 12.1 Å². The second-order valence-corrected chi connectivity index (χ2v) is 6.79.